The van der Waals surface area contributed by atoms with Crippen molar-refractivity contribution >= 4 is 46.4 Å². The summed E-state index contributed by atoms with van der Waals surface area (Å²) in [6.45, 7) is 0.674. The molecule has 0 aliphatic heterocycles. The molecule has 0 saturated heterocycles. The summed E-state index contributed by atoms with van der Waals surface area (Å²) in [5, 5.41) is 6.95. The molecule has 0 aromatic heterocycles. The predicted molar refractivity (Wildman–Crippen MR) is 98.2 cm³/mol. The lowest BCUT2D eigenvalue weighted by molar-refractivity contribution is 0.509. The number of benzene rings is 2. The van der Waals surface area contributed by atoms with Gasteiger partial charge in [0.2, 0.25) is 0 Å². The average molecular weight is 373 g/mol. The largest absolute Gasteiger partial charge is 0.362 e. The van der Waals surface area contributed by atoms with Gasteiger partial charge in [-0.1, -0.05) is 23.7 Å². The van der Waals surface area contributed by atoms with Gasteiger partial charge in [-0.2, -0.15) is 11.8 Å². The lowest BCUT2D eigenvalue weighted by Gasteiger charge is -2.10. The molecule has 2 N–H and O–H groups in total. The molecule has 0 fully saturated rings. The molecule has 2 aromatic rings. The van der Waals surface area contributed by atoms with Crippen LogP contribution in [0.25, 0.3) is 0 Å². The van der Waals surface area contributed by atoms with Crippen molar-refractivity contribution in [2.45, 2.75) is 5.75 Å². The second-order valence-corrected chi connectivity index (χ2v) is 6.64. The highest BCUT2D eigenvalue weighted by Crippen LogP contribution is 2.15. The number of rotatable bonds is 6. The Morgan fingerprint density at radius 3 is 2.52 bits per heavy atom. The minimum atomic E-state index is -0.906. The Labute approximate surface area is 148 Å². The monoisotopic (exact) mass is 372 g/mol. The van der Waals surface area contributed by atoms with Crippen molar-refractivity contribution < 1.29 is 8.78 Å². The average Bonchev–Trinajstić information content (AvgIpc) is 2.52. The van der Waals surface area contributed by atoms with Crippen molar-refractivity contribution in [2.24, 2.45) is 0 Å². The number of thioether (sulfide) groups is 1. The smallest absolute Gasteiger partial charge is 0.170 e. The Kier molecular flexibility index (Phi) is 7.08. The topological polar surface area (TPSA) is 24.1 Å². The molecule has 0 saturated carbocycles. The Morgan fingerprint density at radius 1 is 1.09 bits per heavy atom. The van der Waals surface area contributed by atoms with E-state index in [1.165, 1.54) is 11.6 Å². The number of nitrogens with one attached hydrogen (secondary N) is 2. The molecule has 0 aliphatic rings. The first-order chi connectivity index (χ1) is 11.0. The number of thiocarbonyl (C=S) groups is 1. The summed E-state index contributed by atoms with van der Waals surface area (Å²) in [4.78, 5) is 0. The molecule has 0 bridgehead atoms. The number of hydrogen-bond acceptors (Lipinski definition) is 2. The van der Waals surface area contributed by atoms with E-state index in [9.17, 15) is 8.78 Å². The number of hydrogen-bond donors (Lipinski definition) is 2. The molecule has 0 radical (unpaired) electrons. The lowest BCUT2D eigenvalue weighted by Crippen LogP contribution is -2.30. The fourth-order valence-electron chi connectivity index (χ4n) is 1.76. The van der Waals surface area contributed by atoms with Crippen LogP contribution in [0, 0.1) is 11.6 Å². The molecule has 0 atom stereocenters. The molecule has 0 amide bonds. The molecule has 7 heteroatoms. The summed E-state index contributed by atoms with van der Waals surface area (Å²) in [7, 11) is 0. The molecule has 0 unspecified atom stereocenters. The maximum absolute atomic E-state index is 13.1. The summed E-state index contributed by atoms with van der Waals surface area (Å²) in [6.07, 6.45) is 0. The molecule has 2 aromatic carbocycles. The zero-order valence-corrected chi connectivity index (χ0v) is 14.5. The first-order valence-electron chi connectivity index (χ1n) is 6.86. The van der Waals surface area contributed by atoms with Gasteiger partial charge in [-0.15, -0.1) is 0 Å². The third-order valence-corrected chi connectivity index (χ3v) is 4.42. The standard InChI is InChI=1S/C16H15ClF2N2S2/c17-12-3-1-11(2-4-12)10-23-8-7-20-16(22)21-13-5-6-14(18)15(19)9-13/h1-6,9H,7-8,10H2,(H2,20,21,22). The van der Waals surface area contributed by atoms with Crippen LogP contribution >= 0.6 is 35.6 Å². The van der Waals surface area contributed by atoms with E-state index in [-0.39, 0.29) is 0 Å². The van der Waals surface area contributed by atoms with Crippen molar-refractivity contribution in [1.82, 2.24) is 5.32 Å². The van der Waals surface area contributed by atoms with Crippen LogP contribution in [0.15, 0.2) is 42.5 Å². The highest BCUT2D eigenvalue weighted by molar-refractivity contribution is 7.98. The Hall–Kier alpha value is -1.37. The molecular formula is C16H15ClF2N2S2. The van der Waals surface area contributed by atoms with E-state index in [0.717, 1.165) is 28.7 Å². The van der Waals surface area contributed by atoms with E-state index in [4.69, 9.17) is 23.8 Å². The molecule has 2 nitrogen and oxygen atoms in total. The van der Waals surface area contributed by atoms with Gasteiger partial charge in [0.15, 0.2) is 16.7 Å². The van der Waals surface area contributed by atoms with Gasteiger partial charge in [-0.05, 0) is 42.0 Å². The lowest BCUT2D eigenvalue weighted by atomic mass is 10.2. The van der Waals surface area contributed by atoms with E-state index >= 15 is 0 Å². The molecule has 0 spiro atoms. The van der Waals surface area contributed by atoms with Crippen molar-refractivity contribution in [3.05, 3.63) is 64.7 Å². The third kappa shape index (κ3) is 6.33. The summed E-state index contributed by atoms with van der Waals surface area (Å²) in [5.74, 6) is -0.0332. The zero-order chi connectivity index (χ0) is 16.7. The SMILES string of the molecule is Fc1ccc(NC(=S)NCCSCc2ccc(Cl)cc2)cc1F. The third-order valence-electron chi connectivity index (χ3n) is 2.89. The van der Waals surface area contributed by atoms with Crippen LogP contribution in [0.3, 0.4) is 0 Å². The molecule has 23 heavy (non-hydrogen) atoms. The summed E-state index contributed by atoms with van der Waals surface area (Å²) in [6, 6.07) is 11.3. The highest BCUT2D eigenvalue weighted by Gasteiger charge is 2.03. The first-order valence-corrected chi connectivity index (χ1v) is 8.81. The minimum absolute atomic E-state index is 0.378. The number of anilines is 1. The van der Waals surface area contributed by atoms with Crippen molar-refractivity contribution in [3.63, 3.8) is 0 Å². The van der Waals surface area contributed by atoms with Crippen LogP contribution in [-0.2, 0) is 5.75 Å². The summed E-state index contributed by atoms with van der Waals surface area (Å²) in [5.41, 5.74) is 1.62. The van der Waals surface area contributed by atoms with Gasteiger partial charge < -0.3 is 10.6 Å². The van der Waals surface area contributed by atoms with Gasteiger partial charge in [-0.25, -0.2) is 8.78 Å². The van der Waals surface area contributed by atoms with Crippen LogP contribution in [-0.4, -0.2) is 17.4 Å². The fraction of sp³-hybridized carbons (Fsp3) is 0.188. The van der Waals surface area contributed by atoms with Gasteiger partial charge in [0.25, 0.3) is 0 Å². The van der Waals surface area contributed by atoms with Crippen LogP contribution in [0.4, 0.5) is 14.5 Å². The summed E-state index contributed by atoms with van der Waals surface area (Å²) >= 11 is 12.7. The molecule has 0 aliphatic carbocycles. The van der Waals surface area contributed by atoms with E-state index in [1.54, 1.807) is 11.8 Å². The number of halogens is 3. The maximum Gasteiger partial charge on any atom is 0.170 e. The van der Waals surface area contributed by atoms with Crippen molar-refractivity contribution in [3.8, 4) is 0 Å². The maximum atomic E-state index is 13.1. The van der Waals surface area contributed by atoms with Crippen LogP contribution in [0.1, 0.15) is 5.56 Å². The van der Waals surface area contributed by atoms with Gasteiger partial charge in [0.05, 0.1) is 0 Å². The fourth-order valence-corrected chi connectivity index (χ4v) is 2.92. The van der Waals surface area contributed by atoms with Gasteiger partial charge in [0.1, 0.15) is 0 Å². The van der Waals surface area contributed by atoms with E-state index in [2.05, 4.69) is 10.6 Å². The minimum Gasteiger partial charge on any atom is -0.362 e. The van der Waals surface area contributed by atoms with Gasteiger partial charge in [-0.3, -0.25) is 0 Å². The second kappa shape index (κ2) is 9.05. The van der Waals surface area contributed by atoms with Crippen LogP contribution in [0.2, 0.25) is 5.02 Å². The summed E-state index contributed by atoms with van der Waals surface area (Å²) < 4.78 is 25.9. The van der Waals surface area contributed by atoms with Crippen molar-refractivity contribution in [2.75, 3.05) is 17.6 Å². The Morgan fingerprint density at radius 2 is 1.83 bits per heavy atom. The van der Waals surface area contributed by atoms with Crippen LogP contribution < -0.4 is 10.6 Å². The second-order valence-electron chi connectivity index (χ2n) is 4.69. The van der Waals surface area contributed by atoms with Gasteiger partial charge >= 0.3 is 0 Å². The molecule has 2 rings (SSSR count). The van der Waals surface area contributed by atoms with E-state index in [1.807, 2.05) is 24.3 Å². The normalized spacial score (nSPS) is 10.4. The quantitative estimate of drug-likeness (QED) is 0.559. The first kappa shape index (κ1) is 18.0. The van der Waals surface area contributed by atoms with Crippen LogP contribution in [0.5, 0.6) is 0 Å². The van der Waals surface area contributed by atoms with Gasteiger partial charge in [0, 0.05) is 34.8 Å². The van der Waals surface area contributed by atoms with E-state index < -0.39 is 11.6 Å². The Balaban J connectivity index is 1.64. The molecule has 122 valence electrons. The molecular weight excluding hydrogens is 358 g/mol. The molecule has 0 heterocycles. The predicted octanol–water partition coefficient (Wildman–Crippen LogP) is 4.84. The van der Waals surface area contributed by atoms with E-state index in [0.29, 0.717) is 17.3 Å². The highest BCUT2D eigenvalue weighted by atomic mass is 35.5. The van der Waals surface area contributed by atoms with Crippen molar-refractivity contribution in [1.29, 1.82) is 0 Å². The Bertz CT molecular complexity index is 666. The zero-order valence-electron chi connectivity index (χ0n) is 12.1.